The maximum Gasteiger partial charge on any atom is 0.357 e. The number of nitrogens with zero attached hydrogens (tertiary/aromatic N) is 8. The molecule has 1 aliphatic heterocycles. The highest BCUT2D eigenvalue weighted by Crippen LogP contribution is 2.40. The first-order valence-electron chi connectivity index (χ1n) is 19.5. The minimum absolute atomic E-state index is 0.0644. The van der Waals surface area contributed by atoms with Crippen LogP contribution in [0.4, 0.5) is 16.6 Å². The van der Waals surface area contributed by atoms with E-state index in [2.05, 4.69) is 32.2 Å². The van der Waals surface area contributed by atoms with Gasteiger partial charge >= 0.3 is 12.5 Å². The number of carbonyl (C=O) groups is 2. The third kappa shape index (κ3) is 8.30. The molecule has 4 heterocycles. The summed E-state index contributed by atoms with van der Waals surface area (Å²) < 4.78 is 16.5. The molecule has 296 valence electrons. The number of hydroxylamine groups is 1. The molecule has 0 saturated carbocycles. The zero-order valence-electron chi connectivity index (χ0n) is 33.4. The van der Waals surface area contributed by atoms with Crippen LogP contribution in [0.5, 0.6) is 11.5 Å². The second-order valence-corrected chi connectivity index (χ2v) is 16.2. The van der Waals surface area contributed by atoms with Gasteiger partial charge in [0.15, 0.2) is 11.5 Å². The predicted molar refractivity (Wildman–Crippen MR) is 214 cm³/mol. The van der Waals surface area contributed by atoms with Crippen LogP contribution >= 0.6 is 0 Å². The molecule has 2 amide bonds. The summed E-state index contributed by atoms with van der Waals surface area (Å²) in [6.45, 7) is 12.3. The topological polar surface area (TPSA) is 132 Å². The van der Waals surface area contributed by atoms with Crippen molar-refractivity contribution < 1.29 is 23.9 Å². The Morgan fingerprint density at radius 2 is 1.79 bits per heavy atom. The molecule has 56 heavy (non-hydrogen) atoms. The van der Waals surface area contributed by atoms with Crippen molar-refractivity contribution in [3.05, 3.63) is 89.7 Å². The van der Waals surface area contributed by atoms with E-state index >= 15 is 0 Å². The summed E-state index contributed by atoms with van der Waals surface area (Å²) in [6.07, 6.45) is 6.36. The zero-order valence-corrected chi connectivity index (χ0v) is 33.4. The van der Waals surface area contributed by atoms with Crippen molar-refractivity contribution in [2.75, 3.05) is 37.1 Å². The summed E-state index contributed by atoms with van der Waals surface area (Å²) in [5.41, 5.74) is 3.64. The van der Waals surface area contributed by atoms with E-state index < -0.39 is 6.03 Å². The van der Waals surface area contributed by atoms with Gasteiger partial charge in [-0.15, -0.1) is 15.3 Å². The number of fused-ring (bicyclic) bond motifs is 2. The number of piperidine rings is 1. The second kappa shape index (κ2) is 16.2. The zero-order chi connectivity index (χ0) is 39.6. The number of likely N-dealkylation sites (N-methyl/N-ethyl adjacent to an activating group) is 1. The smallest absolute Gasteiger partial charge is 0.357 e. The summed E-state index contributed by atoms with van der Waals surface area (Å²) in [5.74, 6) is 2.46. The van der Waals surface area contributed by atoms with Gasteiger partial charge in [0.2, 0.25) is 5.95 Å². The minimum atomic E-state index is -0.609. The highest BCUT2D eigenvalue weighted by molar-refractivity contribution is 5.90. The number of pyridine rings is 1. The Morgan fingerprint density at radius 1 is 0.982 bits per heavy atom. The number of rotatable bonds is 12. The van der Waals surface area contributed by atoms with Crippen LogP contribution < -0.4 is 24.8 Å². The van der Waals surface area contributed by atoms with Crippen LogP contribution in [0.15, 0.2) is 72.9 Å². The SMILES string of the molecule is C[C@@H](CN(C)C)Oc1cccc(-n2nc(C(C)(C)C)cc2N(OC=O)C(=O)N[C@H]2CC[C@@H](Oc3ccc4nnc(N5CCCC[C@@H]5C)n4c3)c3ccccc32)c1. The van der Waals surface area contributed by atoms with E-state index in [0.717, 1.165) is 53.7 Å². The van der Waals surface area contributed by atoms with Crippen molar-refractivity contribution in [1.29, 1.82) is 0 Å². The van der Waals surface area contributed by atoms with E-state index in [1.165, 1.54) is 6.42 Å². The monoisotopic (exact) mass is 763 g/mol. The van der Waals surface area contributed by atoms with Gasteiger partial charge in [-0.25, -0.2) is 9.48 Å². The van der Waals surface area contributed by atoms with E-state index in [1.807, 2.05) is 113 Å². The average molecular weight is 764 g/mol. The third-order valence-electron chi connectivity index (χ3n) is 10.5. The average Bonchev–Trinajstić information content (AvgIpc) is 3.80. The molecule has 14 heteroatoms. The number of amides is 2. The van der Waals surface area contributed by atoms with Gasteiger partial charge in [0.05, 0.1) is 23.6 Å². The first kappa shape index (κ1) is 38.6. The molecule has 3 aromatic heterocycles. The predicted octanol–water partition coefficient (Wildman–Crippen LogP) is 7.18. The molecule has 1 N–H and O–H groups in total. The number of carbonyl (C=O) groups excluding carboxylic acids is 2. The number of ether oxygens (including phenoxy) is 2. The van der Waals surface area contributed by atoms with Crippen molar-refractivity contribution in [3.8, 4) is 17.2 Å². The number of urea groups is 1. The number of benzene rings is 2. The van der Waals surface area contributed by atoms with Crippen LogP contribution in [0.2, 0.25) is 0 Å². The van der Waals surface area contributed by atoms with E-state index in [0.29, 0.717) is 41.8 Å². The lowest BCUT2D eigenvalue weighted by Crippen LogP contribution is -2.43. The Bertz CT molecular complexity index is 2160. The standard InChI is InChI=1S/C42H53N9O5/c1-28-13-10-11-22-48(28)40-45-44-38-21-18-32(26-49(38)40)56-36-20-19-35(33-16-8-9-17-34(33)36)43-41(53)51(54-27-52)39-24-37(42(3,4)5)46-50(39)30-14-12-15-31(23-30)55-29(2)25-47(6)7/h8-9,12,14-18,21,23-24,26-29,35-36H,10-11,13,19-20,22,25H2,1-7H3,(H,43,53)/t28-,29-,35-,36+/m0/s1. The first-order chi connectivity index (χ1) is 26.9. The summed E-state index contributed by atoms with van der Waals surface area (Å²) in [4.78, 5) is 36.0. The lowest BCUT2D eigenvalue weighted by molar-refractivity contribution is -0.129. The van der Waals surface area contributed by atoms with Gasteiger partial charge in [0.25, 0.3) is 0 Å². The van der Waals surface area contributed by atoms with Gasteiger partial charge < -0.3 is 29.4 Å². The van der Waals surface area contributed by atoms with Crippen molar-refractivity contribution in [2.45, 2.75) is 96.4 Å². The van der Waals surface area contributed by atoms with Crippen molar-refractivity contribution in [3.63, 3.8) is 0 Å². The number of hydrogen-bond acceptors (Lipinski definition) is 10. The number of aromatic nitrogens is 5. The van der Waals surface area contributed by atoms with Crippen LogP contribution in [0.25, 0.3) is 11.3 Å². The Morgan fingerprint density at radius 3 is 2.54 bits per heavy atom. The van der Waals surface area contributed by atoms with Crippen molar-refractivity contribution >= 4 is 29.9 Å². The molecular formula is C42H53N9O5. The number of hydrogen-bond donors (Lipinski definition) is 1. The van der Waals surface area contributed by atoms with Gasteiger partial charge in [-0.2, -0.15) is 5.10 Å². The summed E-state index contributed by atoms with van der Waals surface area (Å²) in [7, 11) is 4.00. The Balaban J connectivity index is 1.13. The molecule has 0 radical (unpaired) electrons. The molecule has 7 rings (SSSR count). The highest BCUT2D eigenvalue weighted by atomic mass is 16.7. The van der Waals surface area contributed by atoms with E-state index in [4.69, 9.17) is 19.4 Å². The molecule has 0 spiro atoms. The van der Waals surface area contributed by atoms with E-state index in [1.54, 1.807) is 10.7 Å². The fourth-order valence-electron chi connectivity index (χ4n) is 7.71. The third-order valence-corrected chi connectivity index (χ3v) is 10.5. The van der Waals surface area contributed by atoms with Crippen LogP contribution in [0.1, 0.15) is 95.7 Å². The summed E-state index contributed by atoms with van der Waals surface area (Å²) in [5, 5.41) is 18.0. The molecule has 1 saturated heterocycles. The van der Waals surface area contributed by atoms with Gasteiger partial charge in [-0.05, 0) is 95.4 Å². The Hall–Kier alpha value is -5.63. The van der Waals surface area contributed by atoms with Gasteiger partial charge in [-0.1, -0.05) is 51.1 Å². The van der Waals surface area contributed by atoms with Crippen LogP contribution in [0.3, 0.4) is 0 Å². The van der Waals surface area contributed by atoms with Crippen LogP contribution in [-0.4, -0.2) is 81.1 Å². The fourth-order valence-corrected chi connectivity index (χ4v) is 7.71. The summed E-state index contributed by atoms with van der Waals surface area (Å²) >= 11 is 0. The molecule has 2 aromatic carbocycles. The number of anilines is 2. The molecule has 5 aromatic rings. The molecule has 2 aliphatic rings. The molecule has 0 bridgehead atoms. The molecular weight excluding hydrogens is 711 g/mol. The largest absolute Gasteiger partial charge is 0.489 e. The fraction of sp³-hybridized carbons (Fsp3) is 0.452. The van der Waals surface area contributed by atoms with Crippen molar-refractivity contribution in [2.24, 2.45) is 0 Å². The quantitative estimate of drug-likeness (QED) is 0.103. The van der Waals surface area contributed by atoms with Crippen LogP contribution in [-0.2, 0) is 15.0 Å². The molecule has 14 nitrogen and oxygen atoms in total. The van der Waals surface area contributed by atoms with E-state index in [-0.39, 0.29) is 36.0 Å². The van der Waals surface area contributed by atoms with Crippen molar-refractivity contribution in [1.82, 2.24) is 34.6 Å². The molecule has 1 aliphatic carbocycles. The lowest BCUT2D eigenvalue weighted by atomic mass is 9.85. The summed E-state index contributed by atoms with van der Waals surface area (Å²) in [6, 6.07) is 20.5. The Kier molecular flexibility index (Phi) is 11.2. The normalized spacial score (nSPS) is 19.0. The van der Waals surface area contributed by atoms with Gasteiger partial charge in [-0.3, -0.25) is 9.20 Å². The maximum atomic E-state index is 14.2. The van der Waals surface area contributed by atoms with Crippen LogP contribution in [0, 0.1) is 0 Å². The molecule has 0 unspecified atom stereocenters. The van der Waals surface area contributed by atoms with Gasteiger partial charge in [0.1, 0.15) is 23.7 Å². The lowest BCUT2D eigenvalue weighted by Gasteiger charge is -2.34. The maximum absolute atomic E-state index is 14.2. The van der Waals surface area contributed by atoms with E-state index in [9.17, 15) is 9.59 Å². The molecule has 4 atom stereocenters. The Labute approximate surface area is 328 Å². The van der Waals surface area contributed by atoms with Gasteiger partial charge in [0, 0.05) is 36.7 Å². The second-order valence-electron chi connectivity index (χ2n) is 16.2. The minimum Gasteiger partial charge on any atom is -0.489 e. The number of nitrogens with one attached hydrogen (secondary N) is 1. The highest BCUT2D eigenvalue weighted by Gasteiger charge is 2.34. The first-order valence-corrected chi connectivity index (χ1v) is 19.5. The molecule has 1 fully saturated rings.